The molecule has 17 heavy (non-hydrogen) atoms. The Morgan fingerprint density at radius 2 is 2.06 bits per heavy atom. The molecule has 0 unspecified atom stereocenters. The first kappa shape index (κ1) is 13.4. The van der Waals surface area contributed by atoms with Crippen LogP contribution in [0.4, 0.5) is 5.82 Å². The van der Waals surface area contributed by atoms with Gasteiger partial charge in [-0.15, -0.1) is 0 Å². The molecule has 1 aromatic heterocycles. The van der Waals surface area contributed by atoms with Gasteiger partial charge < -0.3 is 10.6 Å². The second kappa shape index (κ2) is 5.61. The van der Waals surface area contributed by atoms with Crippen molar-refractivity contribution in [2.75, 3.05) is 11.4 Å². The standard InChI is InChI=1S/C12H21N5/c1-8(2)17(6-5-11(13)14)12-7-9(3)15-10(4)16-12/h7-8H,5-6H2,1-4H3,(H3,13,14). The van der Waals surface area contributed by atoms with Gasteiger partial charge in [-0.25, -0.2) is 9.97 Å². The van der Waals surface area contributed by atoms with Crippen molar-refractivity contribution in [3.8, 4) is 0 Å². The number of amidine groups is 1. The molecule has 94 valence electrons. The number of nitrogens with two attached hydrogens (primary N) is 1. The van der Waals surface area contributed by atoms with Gasteiger partial charge in [0, 0.05) is 30.8 Å². The van der Waals surface area contributed by atoms with Crippen molar-refractivity contribution in [2.45, 2.75) is 40.2 Å². The zero-order valence-corrected chi connectivity index (χ0v) is 11.0. The van der Waals surface area contributed by atoms with Crippen LogP contribution in [0.3, 0.4) is 0 Å². The Kier molecular flexibility index (Phi) is 4.43. The van der Waals surface area contributed by atoms with Gasteiger partial charge in [-0.3, -0.25) is 5.41 Å². The lowest BCUT2D eigenvalue weighted by molar-refractivity contribution is 0.675. The maximum atomic E-state index is 7.29. The van der Waals surface area contributed by atoms with E-state index in [0.29, 0.717) is 19.0 Å². The van der Waals surface area contributed by atoms with Crippen molar-refractivity contribution in [1.29, 1.82) is 5.41 Å². The molecule has 0 atom stereocenters. The van der Waals surface area contributed by atoms with Crippen LogP contribution in [-0.2, 0) is 0 Å². The number of hydrogen-bond donors (Lipinski definition) is 2. The minimum absolute atomic E-state index is 0.207. The third-order valence-electron chi connectivity index (χ3n) is 2.49. The zero-order valence-electron chi connectivity index (χ0n) is 11.0. The molecular formula is C12H21N5. The van der Waals surface area contributed by atoms with Crippen LogP contribution in [0.15, 0.2) is 6.07 Å². The Bertz CT molecular complexity index is 380. The fourth-order valence-electron chi connectivity index (χ4n) is 1.72. The monoisotopic (exact) mass is 235 g/mol. The van der Waals surface area contributed by atoms with Crippen molar-refractivity contribution in [2.24, 2.45) is 5.73 Å². The fraction of sp³-hybridized carbons (Fsp3) is 0.583. The maximum absolute atomic E-state index is 7.29. The molecule has 1 heterocycles. The number of aromatic nitrogens is 2. The van der Waals surface area contributed by atoms with E-state index in [-0.39, 0.29) is 5.84 Å². The van der Waals surface area contributed by atoms with Gasteiger partial charge in [-0.1, -0.05) is 0 Å². The summed E-state index contributed by atoms with van der Waals surface area (Å²) in [5.74, 6) is 1.89. The van der Waals surface area contributed by atoms with Crippen molar-refractivity contribution >= 4 is 11.7 Å². The molecule has 1 aromatic rings. The second-order valence-corrected chi connectivity index (χ2v) is 4.48. The van der Waals surface area contributed by atoms with Crippen LogP contribution in [0.5, 0.6) is 0 Å². The van der Waals surface area contributed by atoms with E-state index in [1.165, 1.54) is 0 Å². The van der Waals surface area contributed by atoms with Crippen LogP contribution < -0.4 is 10.6 Å². The number of hydrogen-bond acceptors (Lipinski definition) is 4. The SMILES string of the molecule is Cc1cc(N(CCC(=N)N)C(C)C)nc(C)n1. The molecule has 0 aromatic carbocycles. The Balaban J connectivity index is 2.92. The van der Waals surface area contributed by atoms with E-state index in [9.17, 15) is 0 Å². The number of nitrogens with zero attached hydrogens (tertiary/aromatic N) is 3. The van der Waals surface area contributed by atoms with Crippen LogP contribution in [0.2, 0.25) is 0 Å². The minimum atomic E-state index is 0.207. The Morgan fingerprint density at radius 1 is 1.41 bits per heavy atom. The van der Waals surface area contributed by atoms with Crippen LogP contribution in [0, 0.1) is 19.3 Å². The molecular weight excluding hydrogens is 214 g/mol. The average molecular weight is 235 g/mol. The lowest BCUT2D eigenvalue weighted by Gasteiger charge is -2.28. The average Bonchev–Trinajstić information content (AvgIpc) is 2.14. The summed E-state index contributed by atoms with van der Waals surface area (Å²) in [5.41, 5.74) is 6.36. The zero-order chi connectivity index (χ0) is 13.0. The highest BCUT2D eigenvalue weighted by Crippen LogP contribution is 2.15. The number of nitrogens with one attached hydrogen (secondary N) is 1. The smallest absolute Gasteiger partial charge is 0.132 e. The molecule has 0 saturated carbocycles. The normalized spacial score (nSPS) is 10.6. The van der Waals surface area contributed by atoms with Crippen LogP contribution in [-0.4, -0.2) is 28.4 Å². The molecule has 5 nitrogen and oxygen atoms in total. The van der Waals surface area contributed by atoms with E-state index in [4.69, 9.17) is 11.1 Å². The first-order valence-corrected chi connectivity index (χ1v) is 5.82. The molecule has 0 aliphatic heterocycles. The molecule has 0 amide bonds. The number of aryl methyl sites for hydroxylation is 2. The molecule has 5 heteroatoms. The third kappa shape index (κ3) is 4.01. The highest BCUT2D eigenvalue weighted by atomic mass is 15.2. The molecule has 0 spiro atoms. The minimum Gasteiger partial charge on any atom is -0.388 e. The van der Waals surface area contributed by atoms with Crippen LogP contribution >= 0.6 is 0 Å². The number of anilines is 1. The largest absolute Gasteiger partial charge is 0.388 e. The lowest BCUT2D eigenvalue weighted by atomic mass is 10.2. The molecule has 3 N–H and O–H groups in total. The van der Waals surface area contributed by atoms with Gasteiger partial charge >= 0.3 is 0 Å². The molecule has 0 radical (unpaired) electrons. The summed E-state index contributed by atoms with van der Waals surface area (Å²) in [6.45, 7) is 8.77. The Hall–Kier alpha value is -1.65. The third-order valence-corrected chi connectivity index (χ3v) is 2.49. The van der Waals surface area contributed by atoms with Gasteiger partial charge in [-0.05, 0) is 27.7 Å². The molecule has 0 aliphatic rings. The van der Waals surface area contributed by atoms with E-state index in [1.807, 2.05) is 19.9 Å². The van der Waals surface area contributed by atoms with Gasteiger partial charge in [0.1, 0.15) is 11.6 Å². The second-order valence-electron chi connectivity index (χ2n) is 4.48. The molecule has 0 saturated heterocycles. The van der Waals surface area contributed by atoms with Crippen LogP contribution in [0.1, 0.15) is 31.8 Å². The fourth-order valence-corrected chi connectivity index (χ4v) is 1.72. The van der Waals surface area contributed by atoms with Crippen molar-refractivity contribution in [3.05, 3.63) is 17.6 Å². The van der Waals surface area contributed by atoms with Crippen molar-refractivity contribution < 1.29 is 0 Å². The van der Waals surface area contributed by atoms with Gasteiger partial charge in [0.2, 0.25) is 0 Å². The Morgan fingerprint density at radius 3 is 2.53 bits per heavy atom. The summed E-state index contributed by atoms with van der Waals surface area (Å²) in [7, 11) is 0. The van der Waals surface area contributed by atoms with Crippen LogP contribution in [0.25, 0.3) is 0 Å². The molecule has 0 fully saturated rings. The topological polar surface area (TPSA) is 78.9 Å². The lowest BCUT2D eigenvalue weighted by Crippen LogP contribution is -2.34. The predicted octanol–water partition coefficient (Wildman–Crippen LogP) is 1.63. The highest BCUT2D eigenvalue weighted by molar-refractivity contribution is 5.77. The summed E-state index contributed by atoms with van der Waals surface area (Å²) >= 11 is 0. The highest BCUT2D eigenvalue weighted by Gasteiger charge is 2.13. The summed E-state index contributed by atoms with van der Waals surface area (Å²) in [6.07, 6.45) is 0.556. The predicted molar refractivity (Wildman–Crippen MR) is 70.5 cm³/mol. The Labute approximate surface area is 103 Å². The van der Waals surface area contributed by atoms with E-state index in [0.717, 1.165) is 17.3 Å². The molecule has 0 bridgehead atoms. The van der Waals surface area contributed by atoms with Crippen molar-refractivity contribution in [1.82, 2.24) is 9.97 Å². The summed E-state index contributed by atoms with van der Waals surface area (Å²) in [4.78, 5) is 10.8. The first-order chi connectivity index (χ1) is 7.90. The molecule has 0 aliphatic carbocycles. The summed E-state index contributed by atoms with van der Waals surface area (Å²) in [6, 6.07) is 2.29. The van der Waals surface area contributed by atoms with Gasteiger partial charge in [0.15, 0.2) is 0 Å². The molecule has 1 rings (SSSR count). The maximum Gasteiger partial charge on any atom is 0.132 e. The van der Waals surface area contributed by atoms with Crippen molar-refractivity contribution in [3.63, 3.8) is 0 Å². The van der Waals surface area contributed by atoms with E-state index >= 15 is 0 Å². The van der Waals surface area contributed by atoms with Gasteiger partial charge in [-0.2, -0.15) is 0 Å². The summed E-state index contributed by atoms with van der Waals surface area (Å²) < 4.78 is 0. The quantitative estimate of drug-likeness (QED) is 0.600. The van der Waals surface area contributed by atoms with E-state index in [2.05, 4.69) is 28.7 Å². The van der Waals surface area contributed by atoms with Gasteiger partial charge in [0.25, 0.3) is 0 Å². The van der Waals surface area contributed by atoms with E-state index in [1.54, 1.807) is 0 Å². The van der Waals surface area contributed by atoms with E-state index < -0.39 is 0 Å². The summed E-state index contributed by atoms with van der Waals surface area (Å²) in [5, 5.41) is 7.29. The first-order valence-electron chi connectivity index (χ1n) is 5.82. The number of rotatable bonds is 5. The van der Waals surface area contributed by atoms with Gasteiger partial charge in [0.05, 0.1) is 5.84 Å².